The lowest BCUT2D eigenvalue weighted by Crippen LogP contribution is -2.19. The Balaban J connectivity index is 1.87. The van der Waals surface area contributed by atoms with Crippen molar-refractivity contribution in [3.63, 3.8) is 0 Å². The zero-order valence-corrected chi connectivity index (χ0v) is 8.52. The Bertz CT molecular complexity index is 318. The van der Waals surface area contributed by atoms with Crippen molar-refractivity contribution in [2.75, 3.05) is 6.54 Å². The highest BCUT2D eigenvalue weighted by Crippen LogP contribution is 2.18. The molecule has 0 radical (unpaired) electrons. The second kappa shape index (κ2) is 4.09. The van der Waals surface area contributed by atoms with Crippen molar-refractivity contribution in [2.24, 2.45) is 0 Å². The predicted molar refractivity (Wildman–Crippen MR) is 55.9 cm³/mol. The second-order valence-electron chi connectivity index (χ2n) is 4.05. The number of halogens is 1. The van der Waals surface area contributed by atoms with Gasteiger partial charge in [-0.1, -0.05) is 6.07 Å². The molecule has 76 valence electrons. The fraction of sp³-hybridized carbons (Fsp3) is 0.500. The highest BCUT2D eigenvalue weighted by molar-refractivity contribution is 5.26. The standard InChI is InChI=1S/C12H16FN/c1-9-8-11(13)3-2-10(9)6-7-14-12-4-5-12/h2-3,8,12,14H,4-7H2,1H3. The molecular weight excluding hydrogens is 177 g/mol. The van der Waals surface area contributed by atoms with Crippen LogP contribution in [0.25, 0.3) is 0 Å². The first-order valence-corrected chi connectivity index (χ1v) is 5.24. The minimum atomic E-state index is -0.138. The van der Waals surface area contributed by atoms with Crippen LogP contribution < -0.4 is 5.32 Å². The van der Waals surface area contributed by atoms with Crippen molar-refractivity contribution in [1.29, 1.82) is 0 Å². The van der Waals surface area contributed by atoms with E-state index in [1.807, 2.05) is 13.0 Å². The molecule has 0 unspecified atom stereocenters. The van der Waals surface area contributed by atoms with Crippen LogP contribution >= 0.6 is 0 Å². The maximum absolute atomic E-state index is 12.8. The monoisotopic (exact) mass is 193 g/mol. The van der Waals surface area contributed by atoms with Gasteiger partial charge in [0.05, 0.1) is 0 Å². The van der Waals surface area contributed by atoms with Gasteiger partial charge in [-0.25, -0.2) is 4.39 Å². The average molecular weight is 193 g/mol. The van der Waals surface area contributed by atoms with E-state index < -0.39 is 0 Å². The van der Waals surface area contributed by atoms with Crippen LogP contribution in [0.2, 0.25) is 0 Å². The van der Waals surface area contributed by atoms with Crippen LogP contribution in [0.1, 0.15) is 24.0 Å². The molecule has 1 fully saturated rings. The number of hydrogen-bond donors (Lipinski definition) is 1. The lowest BCUT2D eigenvalue weighted by molar-refractivity contribution is 0.624. The molecule has 1 nitrogen and oxygen atoms in total. The SMILES string of the molecule is Cc1cc(F)ccc1CCNC1CC1. The summed E-state index contributed by atoms with van der Waals surface area (Å²) in [7, 11) is 0. The molecule has 1 saturated carbocycles. The summed E-state index contributed by atoms with van der Waals surface area (Å²) in [5, 5.41) is 3.45. The molecule has 1 aromatic carbocycles. The van der Waals surface area contributed by atoms with E-state index in [9.17, 15) is 4.39 Å². The summed E-state index contributed by atoms with van der Waals surface area (Å²) in [6.07, 6.45) is 3.65. The van der Waals surface area contributed by atoms with Gasteiger partial charge in [0, 0.05) is 6.04 Å². The van der Waals surface area contributed by atoms with Crippen molar-refractivity contribution in [2.45, 2.75) is 32.2 Å². The van der Waals surface area contributed by atoms with E-state index in [2.05, 4.69) is 5.32 Å². The molecule has 14 heavy (non-hydrogen) atoms. The first-order valence-electron chi connectivity index (χ1n) is 5.24. The maximum Gasteiger partial charge on any atom is 0.123 e. The van der Waals surface area contributed by atoms with Gasteiger partial charge in [0.1, 0.15) is 5.82 Å². The number of nitrogens with one attached hydrogen (secondary N) is 1. The summed E-state index contributed by atoms with van der Waals surface area (Å²) in [4.78, 5) is 0. The summed E-state index contributed by atoms with van der Waals surface area (Å²) in [6, 6.07) is 5.79. The maximum atomic E-state index is 12.8. The van der Waals surface area contributed by atoms with Crippen molar-refractivity contribution >= 4 is 0 Å². The molecule has 0 atom stereocenters. The third-order valence-corrected chi connectivity index (χ3v) is 2.71. The average Bonchev–Trinajstić information content (AvgIpc) is 2.92. The molecule has 0 saturated heterocycles. The third kappa shape index (κ3) is 2.55. The predicted octanol–water partition coefficient (Wildman–Crippen LogP) is 2.43. The molecule has 0 bridgehead atoms. The molecule has 1 N–H and O–H groups in total. The van der Waals surface area contributed by atoms with Crippen LogP contribution in [0.4, 0.5) is 4.39 Å². The van der Waals surface area contributed by atoms with E-state index in [4.69, 9.17) is 0 Å². The minimum Gasteiger partial charge on any atom is -0.314 e. The molecule has 0 spiro atoms. The van der Waals surface area contributed by atoms with Crippen molar-refractivity contribution in [3.05, 3.63) is 35.1 Å². The molecule has 0 aromatic heterocycles. The van der Waals surface area contributed by atoms with E-state index in [0.29, 0.717) is 0 Å². The van der Waals surface area contributed by atoms with Crippen LogP contribution in [0.5, 0.6) is 0 Å². The third-order valence-electron chi connectivity index (χ3n) is 2.71. The van der Waals surface area contributed by atoms with Crippen LogP contribution in [0.3, 0.4) is 0 Å². The van der Waals surface area contributed by atoms with E-state index in [1.165, 1.54) is 18.4 Å². The summed E-state index contributed by atoms with van der Waals surface area (Å²) >= 11 is 0. The largest absolute Gasteiger partial charge is 0.314 e. The summed E-state index contributed by atoms with van der Waals surface area (Å²) in [5.74, 6) is -0.138. The smallest absolute Gasteiger partial charge is 0.123 e. The Labute approximate surface area is 84.3 Å². The first kappa shape index (κ1) is 9.66. The zero-order chi connectivity index (χ0) is 9.97. The van der Waals surface area contributed by atoms with E-state index in [0.717, 1.165) is 24.6 Å². The van der Waals surface area contributed by atoms with Gasteiger partial charge in [-0.05, 0) is 56.0 Å². The van der Waals surface area contributed by atoms with E-state index in [1.54, 1.807) is 12.1 Å². The lowest BCUT2D eigenvalue weighted by Gasteiger charge is -2.06. The highest BCUT2D eigenvalue weighted by Gasteiger charge is 2.19. The molecular formula is C12H16FN. The Hall–Kier alpha value is -0.890. The van der Waals surface area contributed by atoms with Crippen LogP contribution in [0.15, 0.2) is 18.2 Å². The molecule has 0 heterocycles. The molecule has 1 aromatic rings. The Morgan fingerprint density at radius 2 is 2.21 bits per heavy atom. The van der Waals surface area contributed by atoms with Gasteiger partial charge in [-0.3, -0.25) is 0 Å². The summed E-state index contributed by atoms with van der Waals surface area (Å²) in [6.45, 7) is 2.98. The highest BCUT2D eigenvalue weighted by atomic mass is 19.1. The van der Waals surface area contributed by atoms with Gasteiger partial charge < -0.3 is 5.32 Å². The Kier molecular flexibility index (Phi) is 2.82. The Morgan fingerprint density at radius 3 is 2.86 bits per heavy atom. The zero-order valence-electron chi connectivity index (χ0n) is 8.52. The molecule has 0 aliphatic heterocycles. The summed E-state index contributed by atoms with van der Waals surface area (Å²) < 4.78 is 12.8. The fourth-order valence-corrected chi connectivity index (χ4v) is 1.64. The van der Waals surface area contributed by atoms with E-state index >= 15 is 0 Å². The van der Waals surface area contributed by atoms with E-state index in [-0.39, 0.29) is 5.82 Å². The fourth-order valence-electron chi connectivity index (χ4n) is 1.64. The molecule has 2 heteroatoms. The van der Waals surface area contributed by atoms with Gasteiger partial charge in [-0.15, -0.1) is 0 Å². The molecule has 1 aliphatic rings. The van der Waals surface area contributed by atoms with Crippen LogP contribution in [-0.2, 0) is 6.42 Å². The van der Waals surface area contributed by atoms with Gasteiger partial charge in [0.15, 0.2) is 0 Å². The van der Waals surface area contributed by atoms with Crippen molar-refractivity contribution in [3.8, 4) is 0 Å². The van der Waals surface area contributed by atoms with Gasteiger partial charge >= 0.3 is 0 Å². The lowest BCUT2D eigenvalue weighted by atomic mass is 10.1. The normalized spacial score (nSPS) is 15.9. The molecule has 0 amide bonds. The Morgan fingerprint density at radius 1 is 1.43 bits per heavy atom. The van der Waals surface area contributed by atoms with Crippen LogP contribution in [-0.4, -0.2) is 12.6 Å². The quantitative estimate of drug-likeness (QED) is 0.774. The van der Waals surface area contributed by atoms with Gasteiger partial charge in [-0.2, -0.15) is 0 Å². The summed E-state index contributed by atoms with van der Waals surface area (Å²) in [5.41, 5.74) is 2.31. The first-order chi connectivity index (χ1) is 6.75. The number of hydrogen-bond acceptors (Lipinski definition) is 1. The molecule has 1 aliphatic carbocycles. The van der Waals surface area contributed by atoms with Crippen molar-refractivity contribution < 1.29 is 4.39 Å². The van der Waals surface area contributed by atoms with Gasteiger partial charge in [0.25, 0.3) is 0 Å². The topological polar surface area (TPSA) is 12.0 Å². The minimum absolute atomic E-state index is 0.138. The molecule has 2 rings (SSSR count). The number of benzene rings is 1. The number of aryl methyl sites for hydroxylation is 1. The van der Waals surface area contributed by atoms with Crippen LogP contribution in [0, 0.1) is 12.7 Å². The van der Waals surface area contributed by atoms with Crippen molar-refractivity contribution in [1.82, 2.24) is 5.32 Å². The van der Waals surface area contributed by atoms with Gasteiger partial charge in [0.2, 0.25) is 0 Å². The second-order valence-corrected chi connectivity index (χ2v) is 4.05. The number of rotatable bonds is 4.